The van der Waals surface area contributed by atoms with E-state index in [1.165, 1.54) is 50.5 Å². The minimum Gasteiger partial charge on any atom is -0.307 e. The Bertz CT molecular complexity index is 369. The molecule has 0 heterocycles. The summed E-state index contributed by atoms with van der Waals surface area (Å²) in [5, 5.41) is 3.98. The predicted molar refractivity (Wildman–Crippen MR) is 87.9 cm³/mol. The van der Waals surface area contributed by atoms with E-state index in [-0.39, 0.29) is 5.41 Å². The third kappa shape index (κ3) is 4.63. The van der Waals surface area contributed by atoms with E-state index in [2.05, 4.69) is 56.4 Å². The third-order valence-corrected chi connectivity index (χ3v) is 4.51. The molecule has 1 unspecified atom stereocenters. The standard InChI is InChI=1S/C19H31N/c1-19(2,3)18(16-12-8-7-9-13-16)20-17-14-10-5-4-6-11-15-17/h7-9,12-13,17-18,20H,4-6,10-11,14-15H2,1-3H3. The van der Waals surface area contributed by atoms with Crippen molar-refractivity contribution in [3.63, 3.8) is 0 Å². The molecule has 1 N–H and O–H groups in total. The van der Waals surface area contributed by atoms with Gasteiger partial charge in [-0.3, -0.25) is 0 Å². The SMILES string of the molecule is CC(C)(C)C(NC1CCCCCCC1)c1ccccc1. The van der Waals surface area contributed by atoms with Crippen LogP contribution in [-0.2, 0) is 0 Å². The molecule has 0 aromatic heterocycles. The first-order valence-electron chi connectivity index (χ1n) is 8.38. The first-order valence-corrected chi connectivity index (χ1v) is 8.38. The lowest BCUT2D eigenvalue weighted by Crippen LogP contribution is -2.39. The van der Waals surface area contributed by atoms with E-state index >= 15 is 0 Å². The van der Waals surface area contributed by atoms with Gasteiger partial charge >= 0.3 is 0 Å². The van der Waals surface area contributed by atoms with Crippen LogP contribution < -0.4 is 5.32 Å². The van der Waals surface area contributed by atoms with E-state index in [1.54, 1.807) is 0 Å². The van der Waals surface area contributed by atoms with Gasteiger partial charge in [-0.1, -0.05) is 83.2 Å². The van der Waals surface area contributed by atoms with Gasteiger partial charge in [0.05, 0.1) is 0 Å². The Hall–Kier alpha value is -0.820. The summed E-state index contributed by atoms with van der Waals surface area (Å²) >= 11 is 0. The first kappa shape index (κ1) is 15.6. The summed E-state index contributed by atoms with van der Waals surface area (Å²) in [5.74, 6) is 0. The maximum absolute atomic E-state index is 3.98. The normalized spacial score (nSPS) is 20.1. The lowest BCUT2D eigenvalue weighted by Gasteiger charge is -2.36. The fourth-order valence-electron chi connectivity index (χ4n) is 3.35. The van der Waals surface area contributed by atoms with Crippen molar-refractivity contribution in [2.24, 2.45) is 5.41 Å². The van der Waals surface area contributed by atoms with Crippen LogP contribution in [0.25, 0.3) is 0 Å². The zero-order valence-corrected chi connectivity index (χ0v) is 13.5. The molecule has 1 aromatic rings. The van der Waals surface area contributed by atoms with Crippen molar-refractivity contribution < 1.29 is 0 Å². The van der Waals surface area contributed by atoms with Gasteiger partial charge in [0, 0.05) is 12.1 Å². The molecule has 1 nitrogen and oxygen atoms in total. The zero-order valence-electron chi connectivity index (χ0n) is 13.5. The fourth-order valence-corrected chi connectivity index (χ4v) is 3.35. The molecule has 1 aromatic carbocycles. The molecule has 112 valence electrons. The molecule has 0 bridgehead atoms. The van der Waals surface area contributed by atoms with E-state index in [4.69, 9.17) is 0 Å². The second-order valence-electron chi connectivity index (χ2n) is 7.42. The number of benzene rings is 1. The van der Waals surface area contributed by atoms with Crippen LogP contribution in [0.15, 0.2) is 30.3 Å². The maximum atomic E-state index is 3.98. The molecule has 2 rings (SSSR count). The number of nitrogens with one attached hydrogen (secondary N) is 1. The van der Waals surface area contributed by atoms with Crippen LogP contribution in [0.1, 0.15) is 77.3 Å². The highest BCUT2D eigenvalue weighted by atomic mass is 15.0. The van der Waals surface area contributed by atoms with Gasteiger partial charge in [-0.25, -0.2) is 0 Å². The van der Waals surface area contributed by atoms with E-state index < -0.39 is 0 Å². The minimum absolute atomic E-state index is 0.254. The molecule has 0 radical (unpaired) electrons. The van der Waals surface area contributed by atoms with Crippen molar-refractivity contribution in [2.45, 2.75) is 77.8 Å². The lowest BCUT2D eigenvalue weighted by atomic mass is 9.81. The summed E-state index contributed by atoms with van der Waals surface area (Å²) in [6, 6.07) is 12.1. The van der Waals surface area contributed by atoms with Crippen molar-refractivity contribution in [2.75, 3.05) is 0 Å². The van der Waals surface area contributed by atoms with Gasteiger partial charge in [-0.15, -0.1) is 0 Å². The average Bonchev–Trinajstić information content (AvgIpc) is 2.37. The second kappa shape index (κ2) is 7.26. The number of hydrogen-bond donors (Lipinski definition) is 1. The Morgan fingerprint density at radius 2 is 1.45 bits per heavy atom. The van der Waals surface area contributed by atoms with E-state index in [1.807, 2.05) is 0 Å². The molecular weight excluding hydrogens is 242 g/mol. The average molecular weight is 273 g/mol. The van der Waals surface area contributed by atoms with Gasteiger partial charge in [0.15, 0.2) is 0 Å². The van der Waals surface area contributed by atoms with Crippen molar-refractivity contribution >= 4 is 0 Å². The molecule has 1 heteroatoms. The van der Waals surface area contributed by atoms with Crippen molar-refractivity contribution in [1.29, 1.82) is 0 Å². The minimum atomic E-state index is 0.254. The third-order valence-electron chi connectivity index (χ3n) is 4.51. The predicted octanol–water partition coefficient (Wildman–Crippen LogP) is 5.48. The van der Waals surface area contributed by atoms with Crippen LogP contribution in [0.5, 0.6) is 0 Å². The summed E-state index contributed by atoms with van der Waals surface area (Å²) in [6.45, 7) is 7.04. The number of hydrogen-bond acceptors (Lipinski definition) is 1. The highest BCUT2D eigenvalue weighted by Gasteiger charge is 2.28. The Labute approximate surface area is 125 Å². The van der Waals surface area contributed by atoms with Gasteiger partial charge in [-0.2, -0.15) is 0 Å². The largest absolute Gasteiger partial charge is 0.307 e. The van der Waals surface area contributed by atoms with Crippen LogP contribution in [-0.4, -0.2) is 6.04 Å². The van der Waals surface area contributed by atoms with Gasteiger partial charge in [0.1, 0.15) is 0 Å². The summed E-state index contributed by atoms with van der Waals surface area (Å²) < 4.78 is 0. The molecule has 1 saturated carbocycles. The van der Waals surface area contributed by atoms with E-state index in [9.17, 15) is 0 Å². The highest BCUT2D eigenvalue weighted by Crippen LogP contribution is 2.34. The quantitative estimate of drug-likeness (QED) is 0.769. The molecule has 0 aliphatic heterocycles. The van der Waals surface area contributed by atoms with Crippen LogP contribution in [0.2, 0.25) is 0 Å². The van der Waals surface area contributed by atoms with Gasteiger partial charge in [0.2, 0.25) is 0 Å². The highest BCUT2D eigenvalue weighted by molar-refractivity contribution is 5.21. The van der Waals surface area contributed by atoms with E-state index in [0.29, 0.717) is 12.1 Å². The fraction of sp³-hybridized carbons (Fsp3) is 0.684. The molecule has 0 saturated heterocycles. The van der Waals surface area contributed by atoms with Gasteiger partial charge < -0.3 is 5.32 Å². The summed E-state index contributed by atoms with van der Waals surface area (Å²) in [7, 11) is 0. The topological polar surface area (TPSA) is 12.0 Å². The molecule has 1 aliphatic rings. The smallest absolute Gasteiger partial charge is 0.0371 e. The molecule has 1 fully saturated rings. The number of rotatable bonds is 3. The van der Waals surface area contributed by atoms with Crippen LogP contribution in [0.4, 0.5) is 0 Å². The summed E-state index contributed by atoms with van der Waals surface area (Å²) in [4.78, 5) is 0. The zero-order chi connectivity index (χ0) is 14.4. The molecule has 0 spiro atoms. The Kier molecular flexibility index (Phi) is 5.65. The van der Waals surface area contributed by atoms with Crippen LogP contribution >= 0.6 is 0 Å². The van der Waals surface area contributed by atoms with Crippen molar-refractivity contribution in [3.05, 3.63) is 35.9 Å². The summed E-state index contributed by atoms with van der Waals surface area (Å²) in [5.41, 5.74) is 1.69. The molecule has 1 atom stereocenters. The Balaban J connectivity index is 2.07. The van der Waals surface area contributed by atoms with Crippen LogP contribution in [0.3, 0.4) is 0 Å². The first-order chi connectivity index (χ1) is 9.57. The van der Waals surface area contributed by atoms with Gasteiger partial charge in [0.25, 0.3) is 0 Å². The maximum Gasteiger partial charge on any atom is 0.0371 e. The molecule has 1 aliphatic carbocycles. The lowest BCUT2D eigenvalue weighted by molar-refractivity contribution is 0.232. The molecule has 0 amide bonds. The second-order valence-corrected chi connectivity index (χ2v) is 7.42. The monoisotopic (exact) mass is 273 g/mol. The van der Waals surface area contributed by atoms with Crippen molar-refractivity contribution in [1.82, 2.24) is 5.32 Å². The Morgan fingerprint density at radius 3 is 2.00 bits per heavy atom. The molecular formula is C19H31N. The Morgan fingerprint density at radius 1 is 0.900 bits per heavy atom. The van der Waals surface area contributed by atoms with Crippen LogP contribution in [0, 0.1) is 5.41 Å². The summed E-state index contributed by atoms with van der Waals surface area (Å²) in [6.07, 6.45) is 9.76. The van der Waals surface area contributed by atoms with Crippen molar-refractivity contribution in [3.8, 4) is 0 Å². The van der Waals surface area contributed by atoms with E-state index in [0.717, 1.165) is 0 Å². The molecule has 20 heavy (non-hydrogen) atoms. The van der Waals surface area contributed by atoms with Gasteiger partial charge in [-0.05, 0) is 23.8 Å².